The van der Waals surface area contributed by atoms with Crippen LogP contribution >= 0.6 is 0 Å². The fourth-order valence-corrected chi connectivity index (χ4v) is 6.99. The van der Waals surface area contributed by atoms with Gasteiger partial charge in [0.1, 0.15) is 11.5 Å². The van der Waals surface area contributed by atoms with Gasteiger partial charge in [0, 0.05) is 26.2 Å². The molecule has 0 aliphatic heterocycles. The molecule has 318 valence electrons. The average molecular weight is 781 g/mol. The Morgan fingerprint density at radius 3 is 1.29 bits per heavy atom. The molecule has 0 aliphatic carbocycles. The van der Waals surface area contributed by atoms with E-state index >= 15 is 0 Å². The average Bonchev–Trinajstić information content (AvgIpc) is 3.21. The molecule has 0 aliphatic rings. The minimum atomic E-state index is -0.478. The molecule has 2 amide bonds. The van der Waals surface area contributed by atoms with Gasteiger partial charge in [0.15, 0.2) is 0 Å². The van der Waals surface area contributed by atoms with Crippen LogP contribution in [0.25, 0.3) is 11.1 Å². The Bertz CT molecular complexity index is 1200. The second kappa shape index (κ2) is 31.9. The van der Waals surface area contributed by atoms with E-state index in [0.717, 1.165) is 99.9 Å². The number of ether oxygens (including phenoxy) is 2. The second-order valence-corrected chi connectivity index (χ2v) is 15.4. The molecule has 2 aromatic rings. The number of hydrogen-bond donors (Lipinski definition) is 4. The third kappa shape index (κ3) is 21.4. The molecule has 10 heteroatoms. The van der Waals surface area contributed by atoms with Crippen molar-refractivity contribution >= 4 is 11.8 Å². The molecule has 2 atom stereocenters. The highest BCUT2D eigenvalue weighted by Crippen LogP contribution is 2.27. The van der Waals surface area contributed by atoms with E-state index in [2.05, 4.69) is 26.0 Å². The van der Waals surface area contributed by atoms with E-state index in [1.807, 2.05) is 46.2 Å². The monoisotopic (exact) mass is 781 g/mol. The number of nitrogens with zero attached hydrogens (tertiary/aromatic N) is 2. The molecule has 0 spiro atoms. The number of carbonyl (C=O) groups is 2. The molecule has 0 fully saturated rings. The van der Waals surface area contributed by atoms with Crippen LogP contribution in [0, 0.1) is 0 Å². The Hall–Kier alpha value is -3.18. The first-order chi connectivity index (χ1) is 27.3. The van der Waals surface area contributed by atoms with E-state index in [4.69, 9.17) is 32.4 Å². The SMILES string of the molecule is CCCCCCCCN(CCCOc1cccc(-c2cccc(OCCCN(CCCCCCCC)C(=O)[C@@H](N)CCCCN)c2)c1)C(=O)[C@@H](N)CCCCN. The first-order valence-electron chi connectivity index (χ1n) is 22.3. The first-order valence-corrected chi connectivity index (χ1v) is 22.3. The maximum Gasteiger partial charge on any atom is 0.239 e. The second-order valence-electron chi connectivity index (χ2n) is 15.4. The Morgan fingerprint density at radius 2 is 0.893 bits per heavy atom. The van der Waals surface area contributed by atoms with Crippen LogP contribution in [0.1, 0.15) is 142 Å². The topological polar surface area (TPSA) is 163 Å². The van der Waals surface area contributed by atoms with Gasteiger partial charge in [-0.2, -0.15) is 0 Å². The van der Waals surface area contributed by atoms with E-state index in [-0.39, 0.29) is 11.8 Å². The van der Waals surface area contributed by atoms with Crippen molar-refractivity contribution < 1.29 is 19.1 Å². The van der Waals surface area contributed by atoms with Gasteiger partial charge in [-0.15, -0.1) is 0 Å². The summed E-state index contributed by atoms with van der Waals surface area (Å²) in [6.07, 6.45) is 20.5. The van der Waals surface area contributed by atoms with E-state index in [1.165, 1.54) is 51.4 Å². The summed E-state index contributed by atoms with van der Waals surface area (Å²) in [6.45, 7) is 9.44. The molecule has 0 heterocycles. The quantitative estimate of drug-likeness (QED) is 0.0509. The zero-order valence-corrected chi connectivity index (χ0v) is 35.4. The molecular formula is C46H80N6O4. The summed E-state index contributed by atoms with van der Waals surface area (Å²) >= 11 is 0. The van der Waals surface area contributed by atoms with E-state index in [9.17, 15) is 9.59 Å². The van der Waals surface area contributed by atoms with Crippen molar-refractivity contribution in [3.8, 4) is 22.6 Å². The lowest BCUT2D eigenvalue weighted by molar-refractivity contribution is -0.133. The van der Waals surface area contributed by atoms with Crippen molar-refractivity contribution in [2.24, 2.45) is 22.9 Å². The summed E-state index contributed by atoms with van der Waals surface area (Å²) in [5.41, 5.74) is 26.0. The lowest BCUT2D eigenvalue weighted by atomic mass is 10.1. The first kappa shape index (κ1) is 49.0. The van der Waals surface area contributed by atoms with E-state index < -0.39 is 12.1 Å². The molecule has 0 saturated heterocycles. The summed E-state index contributed by atoms with van der Waals surface area (Å²) < 4.78 is 12.4. The van der Waals surface area contributed by atoms with Crippen molar-refractivity contribution in [3.05, 3.63) is 48.5 Å². The number of nitrogens with two attached hydrogens (primary N) is 4. The van der Waals surface area contributed by atoms with Crippen molar-refractivity contribution in [1.29, 1.82) is 0 Å². The van der Waals surface area contributed by atoms with Crippen LogP contribution in [0.5, 0.6) is 11.5 Å². The van der Waals surface area contributed by atoms with Gasteiger partial charge in [0.2, 0.25) is 11.8 Å². The van der Waals surface area contributed by atoms with E-state index in [0.29, 0.717) is 52.2 Å². The standard InChI is InChI=1S/C46H80N6O4/c1-3-5-7-9-11-17-31-51(45(53)43(49)27-13-15-29-47)33-21-35-55-41-25-19-23-39(37-41)40-24-20-26-42(38-40)56-36-22-34-52(32-18-12-10-8-6-4-2)46(54)44(50)28-14-16-30-48/h19-20,23-26,37-38,43-44H,3-18,21-22,27-36,47-50H2,1-2H3/t43-,44-/m0/s1. The van der Waals surface area contributed by atoms with Crippen LogP contribution < -0.4 is 32.4 Å². The van der Waals surface area contributed by atoms with Gasteiger partial charge in [-0.3, -0.25) is 9.59 Å². The molecule has 2 aromatic carbocycles. The predicted octanol–water partition coefficient (Wildman–Crippen LogP) is 8.18. The van der Waals surface area contributed by atoms with Gasteiger partial charge < -0.3 is 42.2 Å². The molecule has 56 heavy (non-hydrogen) atoms. The number of unbranched alkanes of at least 4 members (excludes halogenated alkanes) is 12. The van der Waals surface area contributed by atoms with Crippen LogP contribution in [-0.4, -0.2) is 86.2 Å². The molecule has 0 saturated carbocycles. The minimum Gasteiger partial charge on any atom is -0.494 e. The Labute approximate surface area is 340 Å². The Balaban J connectivity index is 1.91. The highest BCUT2D eigenvalue weighted by atomic mass is 16.5. The maximum atomic E-state index is 13.3. The zero-order valence-electron chi connectivity index (χ0n) is 35.4. The molecule has 2 rings (SSSR count). The van der Waals surface area contributed by atoms with Gasteiger partial charge in [-0.1, -0.05) is 115 Å². The third-order valence-electron chi connectivity index (χ3n) is 10.4. The largest absolute Gasteiger partial charge is 0.494 e. The number of carbonyl (C=O) groups excluding carboxylic acids is 2. The van der Waals surface area contributed by atoms with Crippen LogP contribution in [-0.2, 0) is 9.59 Å². The van der Waals surface area contributed by atoms with Crippen molar-refractivity contribution in [2.45, 2.75) is 154 Å². The lowest BCUT2D eigenvalue weighted by Gasteiger charge is -2.26. The number of hydrogen-bond acceptors (Lipinski definition) is 8. The molecule has 0 unspecified atom stereocenters. The van der Waals surface area contributed by atoms with Crippen LogP contribution in [0.3, 0.4) is 0 Å². The summed E-state index contributed by atoms with van der Waals surface area (Å²) in [5.74, 6) is 1.66. The van der Waals surface area contributed by atoms with E-state index in [1.54, 1.807) is 0 Å². The van der Waals surface area contributed by atoms with Crippen molar-refractivity contribution in [2.75, 3.05) is 52.5 Å². The molecule has 8 N–H and O–H groups in total. The Morgan fingerprint density at radius 1 is 0.518 bits per heavy atom. The summed E-state index contributed by atoms with van der Waals surface area (Å²) in [5, 5.41) is 0. The highest BCUT2D eigenvalue weighted by molar-refractivity contribution is 5.82. The molecule has 10 nitrogen and oxygen atoms in total. The molecule has 0 bridgehead atoms. The highest BCUT2D eigenvalue weighted by Gasteiger charge is 2.21. The maximum absolute atomic E-state index is 13.3. The van der Waals surface area contributed by atoms with Gasteiger partial charge in [-0.25, -0.2) is 0 Å². The van der Waals surface area contributed by atoms with Gasteiger partial charge >= 0.3 is 0 Å². The van der Waals surface area contributed by atoms with Gasteiger partial charge in [0.05, 0.1) is 25.3 Å². The van der Waals surface area contributed by atoms with Gasteiger partial charge in [-0.05, 0) is 99.8 Å². The summed E-state index contributed by atoms with van der Waals surface area (Å²) in [7, 11) is 0. The third-order valence-corrected chi connectivity index (χ3v) is 10.4. The van der Waals surface area contributed by atoms with Crippen molar-refractivity contribution in [1.82, 2.24) is 9.80 Å². The van der Waals surface area contributed by atoms with Crippen LogP contribution in [0.2, 0.25) is 0 Å². The molecule has 0 aromatic heterocycles. The van der Waals surface area contributed by atoms with Crippen molar-refractivity contribution in [3.63, 3.8) is 0 Å². The predicted molar refractivity (Wildman–Crippen MR) is 234 cm³/mol. The number of benzene rings is 2. The fourth-order valence-electron chi connectivity index (χ4n) is 6.99. The molecule has 0 radical (unpaired) electrons. The molecular weight excluding hydrogens is 701 g/mol. The number of amides is 2. The fraction of sp³-hybridized carbons (Fsp3) is 0.696. The van der Waals surface area contributed by atoms with Crippen LogP contribution in [0.15, 0.2) is 48.5 Å². The summed E-state index contributed by atoms with van der Waals surface area (Å²) in [6, 6.07) is 15.2. The van der Waals surface area contributed by atoms with Gasteiger partial charge in [0.25, 0.3) is 0 Å². The number of rotatable bonds is 35. The zero-order chi connectivity index (χ0) is 40.6. The minimum absolute atomic E-state index is 0.0388. The smallest absolute Gasteiger partial charge is 0.239 e. The van der Waals surface area contributed by atoms with Crippen LogP contribution in [0.4, 0.5) is 0 Å². The lowest BCUT2D eigenvalue weighted by Crippen LogP contribution is -2.45. The Kier molecular flexibility index (Phi) is 27.9. The summed E-state index contributed by atoms with van der Waals surface area (Å²) in [4.78, 5) is 30.4. The normalized spacial score (nSPS) is 12.3.